The summed E-state index contributed by atoms with van der Waals surface area (Å²) in [5.74, 6) is 0.0733. The molecule has 0 bridgehead atoms. The van der Waals surface area contributed by atoms with Gasteiger partial charge in [-0.15, -0.1) is 10.2 Å². The molecule has 382 valence electrons. The number of nitrogens with zero attached hydrogens (tertiary/aromatic N) is 11. The van der Waals surface area contributed by atoms with E-state index in [0.717, 1.165) is 119 Å². The van der Waals surface area contributed by atoms with Gasteiger partial charge in [-0.1, -0.05) is 31.4 Å². The standard InChI is InChI=1S/C52H68N14O6/c1-4-63-34-55-59-48(63)40-17-11-18-43(56-40)65-31-38-37(50(65)70)30-44(64-25-12-14-35(64)2)57-41(38)32-60(3)23-13-24-61-26-28-62(29-27-61)33-46(68)54-22-9-7-5-6-8-21-53-39-16-10-15-36-47(39)52(72)66(51(36)71)42-19-20-45(67)58-49(42)69/h10-11,15-18,30,34-35,42,53H,4-9,12-14,19-29,31-33H2,1-3H3,(H,54,68)(H,58,67,69). The number of piperazine rings is 1. The normalized spacial score (nSPS) is 19.4. The molecule has 2 atom stereocenters. The predicted octanol–water partition coefficient (Wildman–Crippen LogP) is 3.92. The lowest BCUT2D eigenvalue weighted by atomic mass is 10.0. The number of aromatic nitrogens is 5. The van der Waals surface area contributed by atoms with Gasteiger partial charge in [0.15, 0.2) is 5.82 Å². The largest absolute Gasteiger partial charge is 0.384 e. The van der Waals surface area contributed by atoms with Crippen molar-refractivity contribution in [2.24, 2.45) is 0 Å². The van der Waals surface area contributed by atoms with E-state index in [4.69, 9.17) is 9.97 Å². The quantitative estimate of drug-likeness (QED) is 0.0752. The van der Waals surface area contributed by atoms with E-state index < -0.39 is 29.7 Å². The van der Waals surface area contributed by atoms with Crippen molar-refractivity contribution in [2.45, 2.75) is 110 Å². The third-order valence-electron chi connectivity index (χ3n) is 14.8. The van der Waals surface area contributed by atoms with Crippen LogP contribution in [0.4, 0.5) is 17.3 Å². The molecule has 3 fully saturated rings. The molecule has 5 aliphatic heterocycles. The summed E-state index contributed by atoms with van der Waals surface area (Å²) in [4.78, 5) is 99.8. The van der Waals surface area contributed by atoms with Crippen LogP contribution in [0, 0.1) is 0 Å². The van der Waals surface area contributed by atoms with Crippen LogP contribution in [0.2, 0.25) is 0 Å². The number of hydrogen-bond donors (Lipinski definition) is 3. The first kappa shape index (κ1) is 50.3. The summed E-state index contributed by atoms with van der Waals surface area (Å²) in [6, 6.07) is 12.1. The van der Waals surface area contributed by atoms with E-state index in [0.29, 0.717) is 73.9 Å². The van der Waals surface area contributed by atoms with Gasteiger partial charge in [0, 0.05) is 82.6 Å². The molecule has 20 nitrogen and oxygen atoms in total. The summed E-state index contributed by atoms with van der Waals surface area (Å²) in [6.07, 6.45) is 9.83. The second kappa shape index (κ2) is 22.8. The number of unbranched alkanes of at least 4 members (excludes halogenated alkanes) is 4. The second-order valence-corrected chi connectivity index (χ2v) is 19.8. The van der Waals surface area contributed by atoms with Crippen molar-refractivity contribution in [3.63, 3.8) is 0 Å². The van der Waals surface area contributed by atoms with Crippen LogP contribution < -0.4 is 25.8 Å². The molecule has 0 saturated carbocycles. The molecule has 3 N–H and O–H groups in total. The Morgan fingerprint density at radius 3 is 2.39 bits per heavy atom. The van der Waals surface area contributed by atoms with Gasteiger partial charge in [-0.05, 0) is 103 Å². The molecule has 72 heavy (non-hydrogen) atoms. The Kier molecular flexibility index (Phi) is 16.0. The maximum Gasteiger partial charge on any atom is 0.264 e. The zero-order valence-electron chi connectivity index (χ0n) is 41.9. The Hall–Kier alpha value is -6.64. The van der Waals surface area contributed by atoms with Crippen molar-refractivity contribution in [3.05, 3.63) is 76.7 Å². The first-order chi connectivity index (χ1) is 35.0. The van der Waals surface area contributed by atoms with Crippen LogP contribution in [0.1, 0.15) is 120 Å². The summed E-state index contributed by atoms with van der Waals surface area (Å²) < 4.78 is 1.94. The number of fused-ring (bicyclic) bond motifs is 2. The monoisotopic (exact) mass is 985 g/mol. The van der Waals surface area contributed by atoms with Crippen LogP contribution in [0.25, 0.3) is 11.5 Å². The molecule has 3 aromatic heterocycles. The predicted molar refractivity (Wildman–Crippen MR) is 271 cm³/mol. The molecule has 0 aliphatic carbocycles. The second-order valence-electron chi connectivity index (χ2n) is 19.8. The van der Waals surface area contributed by atoms with Crippen molar-refractivity contribution < 1.29 is 28.8 Å². The Bertz CT molecular complexity index is 2670. The van der Waals surface area contributed by atoms with E-state index in [2.05, 4.69) is 59.7 Å². The SMILES string of the molecule is CCn1cnnc1-c1cccc(N2Cc3c(cc(N4CCCC4C)nc3CN(C)CCCN3CCN(CC(=O)NCCCCCCCNc4cccc5c4C(=O)N(C4CCC(=O)NC4=O)C5=O)CC3)C2=O)n1. The fourth-order valence-corrected chi connectivity index (χ4v) is 10.7. The van der Waals surface area contributed by atoms with Gasteiger partial charge in [-0.2, -0.15) is 0 Å². The average molecular weight is 985 g/mol. The number of aryl methyl sites for hydroxylation is 1. The third kappa shape index (κ3) is 11.2. The molecule has 3 saturated heterocycles. The number of amides is 6. The Morgan fingerprint density at radius 1 is 0.833 bits per heavy atom. The van der Waals surface area contributed by atoms with Gasteiger partial charge in [0.2, 0.25) is 17.7 Å². The Balaban J connectivity index is 0.660. The van der Waals surface area contributed by atoms with Crippen LogP contribution in [0.15, 0.2) is 48.8 Å². The minimum atomic E-state index is -0.994. The van der Waals surface area contributed by atoms with Crippen LogP contribution in [0.5, 0.6) is 0 Å². The van der Waals surface area contributed by atoms with Gasteiger partial charge >= 0.3 is 0 Å². The highest BCUT2D eigenvalue weighted by atomic mass is 16.2. The first-order valence-corrected chi connectivity index (χ1v) is 25.9. The number of nitrogens with one attached hydrogen (secondary N) is 3. The Labute approximate surface area is 420 Å². The molecular weight excluding hydrogens is 917 g/mol. The number of anilines is 3. The maximum atomic E-state index is 14.2. The van der Waals surface area contributed by atoms with E-state index in [1.54, 1.807) is 29.4 Å². The first-order valence-electron chi connectivity index (χ1n) is 25.9. The van der Waals surface area contributed by atoms with E-state index in [1.165, 1.54) is 0 Å². The summed E-state index contributed by atoms with van der Waals surface area (Å²) in [5.41, 5.74) is 4.38. The lowest BCUT2D eigenvalue weighted by molar-refractivity contribution is -0.136. The number of benzene rings is 1. The summed E-state index contributed by atoms with van der Waals surface area (Å²) in [5, 5.41) is 17.0. The molecule has 20 heteroatoms. The number of rotatable bonds is 22. The minimum absolute atomic E-state index is 0.0584. The van der Waals surface area contributed by atoms with E-state index in [9.17, 15) is 28.8 Å². The lowest BCUT2D eigenvalue weighted by Gasteiger charge is -2.34. The molecule has 5 aliphatic rings. The zero-order chi connectivity index (χ0) is 50.3. The van der Waals surface area contributed by atoms with Gasteiger partial charge in [0.1, 0.15) is 29.7 Å². The highest BCUT2D eigenvalue weighted by Gasteiger charge is 2.45. The van der Waals surface area contributed by atoms with Crippen molar-refractivity contribution in [3.8, 4) is 11.5 Å². The number of pyridine rings is 2. The van der Waals surface area contributed by atoms with Crippen LogP contribution >= 0.6 is 0 Å². The molecule has 1 aromatic carbocycles. The Morgan fingerprint density at radius 2 is 1.61 bits per heavy atom. The number of carbonyl (C=O) groups is 6. The number of piperidine rings is 1. The average Bonchev–Trinajstić information content (AvgIpc) is 4.17. The molecule has 8 heterocycles. The van der Waals surface area contributed by atoms with Crippen LogP contribution in [-0.2, 0) is 34.0 Å². The van der Waals surface area contributed by atoms with Gasteiger partial charge in [0.25, 0.3) is 17.7 Å². The number of carbonyl (C=O) groups excluding carboxylic acids is 6. The minimum Gasteiger partial charge on any atom is -0.384 e. The molecule has 0 spiro atoms. The smallest absolute Gasteiger partial charge is 0.264 e. The van der Waals surface area contributed by atoms with E-state index in [-0.39, 0.29) is 35.8 Å². The molecule has 4 aromatic rings. The van der Waals surface area contributed by atoms with E-state index in [1.807, 2.05) is 35.8 Å². The zero-order valence-corrected chi connectivity index (χ0v) is 41.9. The molecule has 0 radical (unpaired) electrons. The van der Waals surface area contributed by atoms with Gasteiger partial charge in [-0.3, -0.25) is 48.8 Å². The molecule has 6 amide bonds. The fraction of sp³-hybridized carbons (Fsp3) is 0.538. The summed E-state index contributed by atoms with van der Waals surface area (Å²) >= 11 is 0. The molecule has 2 unspecified atom stereocenters. The maximum absolute atomic E-state index is 14.2. The number of imide groups is 2. The third-order valence-corrected chi connectivity index (χ3v) is 14.8. The van der Waals surface area contributed by atoms with Crippen molar-refractivity contribution in [1.29, 1.82) is 0 Å². The fourth-order valence-electron chi connectivity index (χ4n) is 10.7. The van der Waals surface area contributed by atoms with Gasteiger partial charge < -0.3 is 29.9 Å². The van der Waals surface area contributed by atoms with Crippen molar-refractivity contribution >= 4 is 52.8 Å². The molecule has 9 rings (SSSR count). The van der Waals surface area contributed by atoms with E-state index >= 15 is 0 Å². The van der Waals surface area contributed by atoms with Gasteiger partial charge in [0.05, 0.1) is 35.5 Å². The van der Waals surface area contributed by atoms with Crippen molar-refractivity contribution in [1.82, 2.24) is 55.0 Å². The topological polar surface area (TPSA) is 214 Å². The summed E-state index contributed by atoms with van der Waals surface area (Å²) in [7, 11) is 2.13. The van der Waals surface area contributed by atoms with Crippen LogP contribution in [-0.4, -0.2) is 164 Å². The van der Waals surface area contributed by atoms with Crippen molar-refractivity contribution in [2.75, 3.05) is 87.6 Å². The van der Waals surface area contributed by atoms with Crippen LogP contribution in [0.3, 0.4) is 0 Å². The van der Waals surface area contributed by atoms with Gasteiger partial charge in [-0.25, -0.2) is 9.97 Å². The lowest BCUT2D eigenvalue weighted by Crippen LogP contribution is -2.54. The number of hydrogen-bond acceptors (Lipinski definition) is 15. The highest BCUT2D eigenvalue weighted by Crippen LogP contribution is 2.36. The molecular formula is C52H68N14O6. The summed E-state index contributed by atoms with van der Waals surface area (Å²) in [6.45, 7) is 14.0. The highest BCUT2D eigenvalue weighted by molar-refractivity contribution is 6.25.